The Morgan fingerprint density at radius 3 is 2.18 bits per heavy atom. The topological polar surface area (TPSA) is 48.5 Å². The minimum absolute atomic E-state index is 0.260. The van der Waals surface area contributed by atoms with Crippen LogP contribution < -0.4 is 15.1 Å². The maximum absolute atomic E-state index is 13.0. The summed E-state index contributed by atoms with van der Waals surface area (Å²) in [7, 11) is 0. The van der Waals surface area contributed by atoms with Crippen molar-refractivity contribution in [2.75, 3.05) is 41.3 Å². The highest BCUT2D eigenvalue weighted by molar-refractivity contribution is 6.04. The lowest BCUT2D eigenvalue weighted by Gasteiger charge is -2.37. The number of rotatable bonds is 4. The largest absolute Gasteiger partial charge is 0.368 e. The van der Waals surface area contributed by atoms with Gasteiger partial charge >= 0.3 is 0 Å². The number of nitrogens with zero attached hydrogens (tertiary/aromatic N) is 3. The predicted molar refractivity (Wildman–Crippen MR) is 109 cm³/mol. The summed E-state index contributed by atoms with van der Waals surface area (Å²) in [6, 6.07) is 17.9. The summed E-state index contributed by atoms with van der Waals surface area (Å²) in [6.07, 6.45) is 3.33. The monoisotopic (exact) mass is 376 g/mol. The fraction of sp³-hybridized carbons (Fsp3) is 0.182. The van der Waals surface area contributed by atoms with Gasteiger partial charge in [0, 0.05) is 43.8 Å². The number of halogens is 1. The van der Waals surface area contributed by atoms with E-state index in [0.717, 1.165) is 31.9 Å². The molecule has 142 valence electrons. The molecule has 1 aliphatic rings. The summed E-state index contributed by atoms with van der Waals surface area (Å²) >= 11 is 0. The third-order valence-corrected chi connectivity index (χ3v) is 4.85. The Morgan fingerprint density at radius 1 is 0.857 bits per heavy atom. The molecule has 1 aliphatic heterocycles. The normalized spacial score (nSPS) is 14.0. The van der Waals surface area contributed by atoms with Crippen LogP contribution in [0.1, 0.15) is 10.4 Å². The first-order valence-corrected chi connectivity index (χ1v) is 9.26. The molecule has 0 radical (unpaired) electrons. The van der Waals surface area contributed by atoms with Gasteiger partial charge in [-0.15, -0.1) is 0 Å². The molecule has 0 spiro atoms. The zero-order valence-electron chi connectivity index (χ0n) is 15.4. The van der Waals surface area contributed by atoms with Crippen LogP contribution >= 0.6 is 0 Å². The van der Waals surface area contributed by atoms with Crippen LogP contribution in [-0.2, 0) is 0 Å². The molecule has 1 amide bonds. The molecule has 1 N–H and O–H groups in total. The number of nitrogens with one attached hydrogen (secondary N) is 1. The first-order valence-electron chi connectivity index (χ1n) is 9.26. The molecular formula is C22H21FN4O. The third-order valence-electron chi connectivity index (χ3n) is 4.85. The van der Waals surface area contributed by atoms with Gasteiger partial charge in [0.25, 0.3) is 5.91 Å². The smallest absolute Gasteiger partial charge is 0.257 e. The molecule has 6 heteroatoms. The number of amides is 1. The molecule has 0 bridgehead atoms. The van der Waals surface area contributed by atoms with Crippen molar-refractivity contribution in [3.63, 3.8) is 0 Å². The summed E-state index contributed by atoms with van der Waals surface area (Å²) in [5.41, 5.74) is 3.19. The van der Waals surface area contributed by atoms with Crippen LogP contribution in [0.4, 0.5) is 21.5 Å². The Labute approximate surface area is 163 Å². The number of pyridine rings is 1. The molecule has 3 aromatic rings. The molecule has 0 aliphatic carbocycles. The molecule has 1 fully saturated rings. The van der Waals surface area contributed by atoms with E-state index in [0.29, 0.717) is 11.3 Å². The van der Waals surface area contributed by atoms with Crippen molar-refractivity contribution in [2.45, 2.75) is 0 Å². The molecule has 4 rings (SSSR count). The lowest BCUT2D eigenvalue weighted by Crippen LogP contribution is -2.46. The average molecular weight is 376 g/mol. The molecule has 0 atom stereocenters. The maximum atomic E-state index is 13.0. The number of benzene rings is 2. The standard InChI is InChI=1S/C22H21FN4O/c23-18-6-8-19(9-7-18)25-22(28)17-14-21(16-24-15-17)27-12-10-26(11-13-27)20-4-2-1-3-5-20/h1-9,14-16H,10-13H2,(H,25,28). The first-order chi connectivity index (χ1) is 13.7. The molecule has 0 unspecified atom stereocenters. The second-order valence-corrected chi connectivity index (χ2v) is 6.70. The van der Waals surface area contributed by atoms with Crippen molar-refractivity contribution in [1.82, 2.24) is 4.98 Å². The second kappa shape index (κ2) is 8.08. The second-order valence-electron chi connectivity index (χ2n) is 6.70. The average Bonchev–Trinajstić information content (AvgIpc) is 2.76. The van der Waals surface area contributed by atoms with E-state index in [4.69, 9.17) is 0 Å². The highest BCUT2D eigenvalue weighted by Crippen LogP contribution is 2.21. The lowest BCUT2D eigenvalue weighted by molar-refractivity contribution is 0.102. The lowest BCUT2D eigenvalue weighted by atomic mass is 10.2. The number of aromatic nitrogens is 1. The molecule has 5 nitrogen and oxygen atoms in total. The van der Waals surface area contributed by atoms with E-state index in [9.17, 15) is 9.18 Å². The first kappa shape index (κ1) is 18.0. The Bertz CT molecular complexity index is 938. The number of anilines is 3. The maximum Gasteiger partial charge on any atom is 0.257 e. The van der Waals surface area contributed by atoms with Gasteiger partial charge in [0.1, 0.15) is 5.82 Å². The molecule has 1 aromatic heterocycles. The van der Waals surface area contributed by atoms with Gasteiger partial charge in [0.05, 0.1) is 17.4 Å². The van der Waals surface area contributed by atoms with Crippen molar-refractivity contribution in [1.29, 1.82) is 0 Å². The summed E-state index contributed by atoms with van der Waals surface area (Å²) in [4.78, 5) is 21.3. The van der Waals surface area contributed by atoms with Gasteiger partial charge in [0.2, 0.25) is 0 Å². The minimum Gasteiger partial charge on any atom is -0.368 e. The van der Waals surface area contributed by atoms with Crippen LogP contribution in [0.5, 0.6) is 0 Å². The molecule has 0 saturated carbocycles. The minimum atomic E-state index is -0.337. The van der Waals surface area contributed by atoms with Crippen LogP contribution in [0.3, 0.4) is 0 Å². The molecule has 2 heterocycles. The highest BCUT2D eigenvalue weighted by Gasteiger charge is 2.18. The van der Waals surface area contributed by atoms with E-state index >= 15 is 0 Å². The highest BCUT2D eigenvalue weighted by atomic mass is 19.1. The number of para-hydroxylation sites is 1. The van der Waals surface area contributed by atoms with E-state index in [1.807, 2.05) is 12.1 Å². The van der Waals surface area contributed by atoms with Crippen molar-refractivity contribution in [3.05, 3.63) is 84.4 Å². The third kappa shape index (κ3) is 4.11. The number of piperazine rings is 1. The van der Waals surface area contributed by atoms with Crippen molar-refractivity contribution >= 4 is 23.0 Å². The Morgan fingerprint density at radius 2 is 1.50 bits per heavy atom. The van der Waals surface area contributed by atoms with Crippen LogP contribution in [0.25, 0.3) is 0 Å². The zero-order valence-corrected chi connectivity index (χ0v) is 15.4. The summed E-state index contributed by atoms with van der Waals surface area (Å²) in [5, 5.41) is 2.77. The molecule has 2 aromatic carbocycles. The Kier molecular flexibility index (Phi) is 5.19. The Hall–Kier alpha value is -3.41. The van der Waals surface area contributed by atoms with Gasteiger partial charge in [-0.1, -0.05) is 18.2 Å². The van der Waals surface area contributed by atoms with Crippen molar-refractivity contribution in [3.8, 4) is 0 Å². The van der Waals surface area contributed by atoms with Crippen LogP contribution in [0.15, 0.2) is 73.1 Å². The fourth-order valence-corrected chi connectivity index (χ4v) is 3.32. The quantitative estimate of drug-likeness (QED) is 0.753. The number of carbonyl (C=O) groups is 1. The van der Waals surface area contributed by atoms with Gasteiger partial charge in [-0.05, 0) is 42.5 Å². The van der Waals surface area contributed by atoms with E-state index in [-0.39, 0.29) is 11.7 Å². The summed E-state index contributed by atoms with van der Waals surface area (Å²) < 4.78 is 13.0. The van der Waals surface area contributed by atoms with E-state index < -0.39 is 0 Å². The van der Waals surface area contributed by atoms with E-state index in [1.165, 1.54) is 30.0 Å². The van der Waals surface area contributed by atoms with Crippen molar-refractivity contribution in [2.24, 2.45) is 0 Å². The van der Waals surface area contributed by atoms with Crippen LogP contribution in [0.2, 0.25) is 0 Å². The van der Waals surface area contributed by atoms with E-state index in [2.05, 4.69) is 44.4 Å². The zero-order chi connectivity index (χ0) is 19.3. The Balaban J connectivity index is 1.41. The number of hydrogen-bond acceptors (Lipinski definition) is 4. The van der Waals surface area contributed by atoms with Crippen molar-refractivity contribution < 1.29 is 9.18 Å². The molecule has 1 saturated heterocycles. The fourth-order valence-electron chi connectivity index (χ4n) is 3.32. The van der Waals surface area contributed by atoms with E-state index in [1.54, 1.807) is 12.4 Å². The molecular weight excluding hydrogens is 355 g/mol. The van der Waals surface area contributed by atoms with Gasteiger partial charge < -0.3 is 15.1 Å². The van der Waals surface area contributed by atoms with Gasteiger partial charge in [-0.25, -0.2) is 4.39 Å². The molecule has 28 heavy (non-hydrogen) atoms. The summed E-state index contributed by atoms with van der Waals surface area (Å²) in [5.74, 6) is -0.597. The summed E-state index contributed by atoms with van der Waals surface area (Å²) in [6.45, 7) is 3.55. The van der Waals surface area contributed by atoms with Gasteiger partial charge in [-0.2, -0.15) is 0 Å². The SMILES string of the molecule is O=C(Nc1ccc(F)cc1)c1cncc(N2CCN(c3ccccc3)CC2)c1. The number of carbonyl (C=O) groups excluding carboxylic acids is 1. The van der Waals surface area contributed by atoms with Gasteiger partial charge in [0.15, 0.2) is 0 Å². The van der Waals surface area contributed by atoms with Crippen LogP contribution in [0, 0.1) is 5.82 Å². The van der Waals surface area contributed by atoms with Crippen LogP contribution in [-0.4, -0.2) is 37.1 Å². The predicted octanol–water partition coefficient (Wildman–Crippen LogP) is 3.80. The van der Waals surface area contributed by atoms with Gasteiger partial charge in [-0.3, -0.25) is 9.78 Å². The number of hydrogen-bond donors (Lipinski definition) is 1.